The van der Waals surface area contributed by atoms with Crippen molar-refractivity contribution in [1.29, 1.82) is 0 Å². The predicted molar refractivity (Wildman–Crippen MR) is 103 cm³/mol. The highest BCUT2D eigenvalue weighted by Crippen LogP contribution is 2.15. The number of nitrogens with zero attached hydrogens (tertiary/aromatic N) is 5. The Bertz CT molecular complexity index is 802. The molecule has 0 bridgehead atoms. The van der Waals surface area contributed by atoms with Crippen LogP contribution in [-0.4, -0.2) is 24.5 Å². The molecule has 6 heteroatoms. The van der Waals surface area contributed by atoms with Crippen LogP contribution in [0.4, 0.5) is 0 Å². The van der Waals surface area contributed by atoms with Crippen molar-refractivity contribution in [2.45, 2.75) is 52.1 Å². The molecule has 1 atom stereocenters. The van der Waals surface area contributed by atoms with Gasteiger partial charge in [-0.05, 0) is 37.0 Å². The lowest BCUT2D eigenvalue weighted by Crippen LogP contribution is -2.23. The molecule has 0 aliphatic rings. The molecule has 0 fully saturated rings. The second-order valence-electron chi connectivity index (χ2n) is 6.65. The van der Waals surface area contributed by atoms with Crippen LogP contribution in [0.25, 0.3) is 5.69 Å². The number of aryl methyl sites for hydroxylation is 2. The highest BCUT2D eigenvalue weighted by molar-refractivity contribution is 5.34. The summed E-state index contributed by atoms with van der Waals surface area (Å²) in [7, 11) is 1.93. The molecule has 2 aromatic heterocycles. The Kier molecular flexibility index (Phi) is 6.17. The summed E-state index contributed by atoms with van der Waals surface area (Å²) in [6.45, 7) is 5.12. The van der Waals surface area contributed by atoms with Gasteiger partial charge in [-0.2, -0.15) is 10.2 Å². The first-order valence-corrected chi connectivity index (χ1v) is 9.41. The molecule has 26 heavy (non-hydrogen) atoms. The molecule has 3 aromatic rings. The third-order valence-electron chi connectivity index (χ3n) is 4.67. The summed E-state index contributed by atoms with van der Waals surface area (Å²) < 4.78 is 3.76. The van der Waals surface area contributed by atoms with Crippen LogP contribution in [0.15, 0.2) is 43.0 Å². The monoisotopic (exact) mass is 352 g/mol. The van der Waals surface area contributed by atoms with E-state index in [0.29, 0.717) is 0 Å². The summed E-state index contributed by atoms with van der Waals surface area (Å²) in [6, 6.07) is 8.87. The zero-order chi connectivity index (χ0) is 18.4. The first-order chi connectivity index (χ1) is 12.7. The van der Waals surface area contributed by atoms with E-state index in [1.807, 2.05) is 22.6 Å². The number of hydrogen-bond donors (Lipinski definition) is 1. The largest absolute Gasteiger partial charge is 0.303 e. The van der Waals surface area contributed by atoms with E-state index >= 15 is 0 Å². The summed E-state index contributed by atoms with van der Waals surface area (Å²) in [5, 5.41) is 12.2. The summed E-state index contributed by atoms with van der Waals surface area (Å²) in [6.07, 6.45) is 10.2. The lowest BCUT2D eigenvalue weighted by atomic mass is 10.1. The number of aromatic nitrogens is 5. The Morgan fingerprint density at radius 1 is 1.08 bits per heavy atom. The Morgan fingerprint density at radius 2 is 1.88 bits per heavy atom. The first kappa shape index (κ1) is 18.3. The van der Waals surface area contributed by atoms with Gasteiger partial charge in [0.25, 0.3) is 0 Å². The van der Waals surface area contributed by atoms with E-state index in [1.165, 1.54) is 18.4 Å². The van der Waals surface area contributed by atoms with Crippen LogP contribution < -0.4 is 5.32 Å². The quantitative estimate of drug-likeness (QED) is 0.639. The normalized spacial score (nSPS) is 12.4. The molecule has 1 N–H and O–H groups in total. The Balaban J connectivity index is 1.61. The highest BCUT2D eigenvalue weighted by atomic mass is 15.3. The van der Waals surface area contributed by atoms with Crippen LogP contribution in [0.2, 0.25) is 0 Å². The van der Waals surface area contributed by atoms with Crippen molar-refractivity contribution < 1.29 is 0 Å². The summed E-state index contributed by atoms with van der Waals surface area (Å²) >= 11 is 0. The Labute approximate surface area is 155 Å². The van der Waals surface area contributed by atoms with Crippen molar-refractivity contribution in [1.82, 2.24) is 29.9 Å². The second kappa shape index (κ2) is 8.76. The maximum absolute atomic E-state index is 4.51. The average molecular weight is 352 g/mol. The van der Waals surface area contributed by atoms with Crippen LogP contribution >= 0.6 is 0 Å². The first-order valence-electron chi connectivity index (χ1n) is 9.41. The van der Waals surface area contributed by atoms with Crippen molar-refractivity contribution in [3.8, 4) is 5.69 Å². The van der Waals surface area contributed by atoms with Gasteiger partial charge in [-0.15, -0.1) is 0 Å². The van der Waals surface area contributed by atoms with Crippen molar-refractivity contribution in [2.24, 2.45) is 7.05 Å². The lowest BCUT2D eigenvalue weighted by Gasteiger charge is -2.15. The molecule has 2 heterocycles. The molecule has 0 aliphatic carbocycles. The molecule has 0 aliphatic heterocycles. The second-order valence-corrected chi connectivity index (χ2v) is 6.65. The molecular formula is C20H28N6. The van der Waals surface area contributed by atoms with Gasteiger partial charge in [0.15, 0.2) is 0 Å². The van der Waals surface area contributed by atoms with Gasteiger partial charge in [0.2, 0.25) is 0 Å². The van der Waals surface area contributed by atoms with Gasteiger partial charge in [-0.3, -0.25) is 4.68 Å². The lowest BCUT2D eigenvalue weighted by molar-refractivity contribution is 0.472. The minimum Gasteiger partial charge on any atom is -0.303 e. The van der Waals surface area contributed by atoms with Gasteiger partial charge in [0.1, 0.15) is 12.2 Å². The molecule has 0 radical (unpaired) electrons. The number of hydrogen-bond acceptors (Lipinski definition) is 4. The number of nitrogens with one attached hydrogen (secondary N) is 1. The maximum atomic E-state index is 4.51. The van der Waals surface area contributed by atoms with Crippen LogP contribution in [0.3, 0.4) is 0 Å². The third-order valence-corrected chi connectivity index (χ3v) is 4.67. The standard InChI is InChI=1S/C20H28N6/c1-4-6-7-16-8-10-18(11-9-16)26-14-17(13-23-26)12-21-19(5-2)20-22-15-24-25(20)3/h8-11,13-15,19,21H,4-7,12H2,1-3H3/t19-/m0/s1. The Morgan fingerprint density at radius 3 is 2.54 bits per heavy atom. The number of benzene rings is 1. The van der Waals surface area contributed by atoms with Gasteiger partial charge in [-0.25, -0.2) is 9.67 Å². The average Bonchev–Trinajstić information content (AvgIpc) is 3.31. The van der Waals surface area contributed by atoms with Crippen molar-refractivity contribution >= 4 is 0 Å². The molecule has 0 saturated heterocycles. The van der Waals surface area contributed by atoms with Gasteiger partial charge >= 0.3 is 0 Å². The Hall–Kier alpha value is -2.47. The highest BCUT2D eigenvalue weighted by Gasteiger charge is 2.14. The molecule has 0 amide bonds. The summed E-state index contributed by atoms with van der Waals surface area (Å²) in [5.41, 5.74) is 3.64. The zero-order valence-corrected chi connectivity index (χ0v) is 15.9. The molecule has 138 valence electrons. The van der Waals surface area contributed by atoms with Crippen LogP contribution in [-0.2, 0) is 20.0 Å². The van der Waals surface area contributed by atoms with Crippen molar-refractivity contribution in [2.75, 3.05) is 0 Å². The number of unbranched alkanes of at least 4 members (excludes halogenated alkanes) is 1. The SMILES string of the molecule is CCCCc1ccc(-n2cc(CN[C@@H](CC)c3ncnn3C)cn2)cc1. The van der Waals surface area contributed by atoms with Gasteiger partial charge in [-0.1, -0.05) is 32.4 Å². The van der Waals surface area contributed by atoms with E-state index in [0.717, 1.165) is 36.5 Å². The van der Waals surface area contributed by atoms with Crippen molar-refractivity contribution in [3.05, 3.63) is 59.9 Å². The molecule has 1 aromatic carbocycles. The van der Waals surface area contributed by atoms with Gasteiger partial charge in [0.05, 0.1) is 17.9 Å². The smallest absolute Gasteiger partial charge is 0.143 e. The van der Waals surface area contributed by atoms with Crippen LogP contribution in [0.5, 0.6) is 0 Å². The van der Waals surface area contributed by atoms with Crippen LogP contribution in [0.1, 0.15) is 56.1 Å². The van der Waals surface area contributed by atoms with E-state index < -0.39 is 0 Å². The van der Waals surface area contributed by atoms with Gasteiger partial charge in [0, 0.05) is 25.4 Å². The fraction of sp³-hybridized carbons (Fsp3) is 0.450. The molecular weight excluding hydrogens is 324 g/mol. The fourth-order valence-electron chi connectivity index (χ4n) is 3.07. The maximum Gasteiger partial charge on any atom is 0.143 e. The van der Waals surface area contributed by atoms with Crippen molar-refractivity contribution in [3.63, 3.8) is 0 Å². The fourth-order valence-corrected chi connectivity index (χ4v) is 3.07. The van der Waals surface area contributed by atoms with E-state index in [-0.39, 0.29) is 6.04 Å². The molecule has 0 saturated carbocycles. The topological polar surface area (TPSA) is 60.6 Å². The molecule has 0 unspecified atom stereocenters. The predicted octanol–water partition coefficient (Wildman–Crippen LogP) is 3.58. The van der Waals surface area contributed by atoms with Crippen LogP contribution in [0, 0.1) is 0 Å². The molecule has 0 spiro atoms. The van der Waals surface area contributed by atoms with E-state index in [1.54, 1.807) is 6.33 Å². The summed E-state index contributed by atoms with van der Waals surface area (Å²) in [4.78, 5) is 4.35. The summed E-state index contributed by atoms with van der Waals surface area (Å²) in [5.74, 6) is 0.961. The van der Waals surface area contributed by atoms with Gasteiger partial charge < -0.3 is 5.32 Å². The third kappa shape index (κ3) is 4.38. The van der Waals surface area contributed by atoms with E-state index in [9.17, 15) is 0 Å². The van der Waals surface area contributed by atoms with E-state index in [2.05, 4.69) is 64.8 Å². The zero-order valence-electron chi connectivity index (χ0n) is 15.9. The molecule has 3 rings (SSSR count). The van der Waals surface area contributed by atoms with E-state index in [4.69, 9.17) is 0 Å². The number of rotatable bonds is 9. The molecule has 6 nitrogen and oxygen atoms in total. The minimum absolute atomic E-state index is 0.184. The minimum atomic E-state index is 0.184.